The van der Waals surface area contributed by atoms with Gasteiger partial charge in [-0.05, 0) is 49.2 Å². The van der Waals surface area contributed by atoms with Gasteiger partial charge in [0.1, 0.15) is 11.9 Å². The van der Waals surface area contributed by atoms with Crippen LogP contribution in [0.3, 0.4) is 0 Å². The van der Waals surface area contributed by atoms with Crippen molar-refractivity contribution < 1.29 is 19.1 Å². The van der Waals surface area contributed by atoms with Crippen molar-refractivity contribution >= 4 is 17.7 Å². The van der Waals surface area contributed by atoms with E-state index in [0.717, 1.165) is 22.5 Å². The summed E-state index contributed by atoms with van der Waals surface area (Å²) in [4.78, 5) is 24.8. The van der Waals surface area contributed by atoms with E-state index in [4.69, 9.17) is 9.47 Å². The molecule has 0 unspecified atom stereocenters. The van der Waals surface area contributed by atoms with Crippen LogP contribution in [-0.4, -0.2) is 30.2 Å². The number of methoxy groups -OCH3 is 1. The molecule has 0 fully saturated rings. The number of anilines is 1. The maximum Gasteiger partial charge on any atom is 0.338 e. The highest BCUT2D eigenvalue weighted by Gasteiger charge is 2.21. The number of nitriles is 1. The third kappa shape index (κ3) is 4.82. The molecule has 0 aliphatic rings. The molecule has 1 N–H and O–H groups in total. The lowest BCUT2D eigenvalue weighted by Gasteiger charge is -2.13. The van der Waals surface area contributed by atoms with Crippen LogP contribution in [0.15, 0.2) is 54.6 Å². The van der Waals surface area contributed by atoms with Crippen molar-refractivity contribution in [2.45, 2.75) is 20.5 Å². The molecule has 0 aliphatic heterocycles. The van der Waals surface area contributed by atoms with Crippen LogP contribution in [0.5, 0.6) is 0 Å². The van der Waals surface area contributed by atoms with Gasteiger partial charge in [0.05, 0.1) is 17.7 Å². The lowest BCUT2D eigenvalue weighted by molar-refractivity contribution is -0.119. The molecule has 0 bridgehead atoms. The predicted octanol–water partition coefficient (Wildman–Crippen LogP) is 3.91. The average molecular weight is 417 g/mol. The van der Waals surface area contributed by atoms with Gasteiger partial charge in [-0.2, -0.15) is 5.26 Å². The van der Waals surface area contributed by atoms with Gasteiger partial charge in [-0.15, -0.1) is 0 Å². The zero-order valence-corrected chi connectivity index (χ0v) is 17.6. The molecule has 0 saturated heterocycles. The number of hydrogen-bond donors (Lipinski definition) is 1. The van der Waals surface area contributed by atoms with E-state index >= 15 is 0 Å². The van der Waals surface area contributed by atoms with Gasteiger partial charge in [-0.3, -0.25) is 9.36 Å². The summed E-state index contributed by atoms with van der Waals surface area (Å²) in [6.45, 7) is 3.68. The smallest absolute Gasteiger partial charge is 0.338 e. The van der Waals surface area contributed by atoms with Gasteiger partial charge in [-0.25, -0.2) is 4.79 Å². The van der Waals surface area contributed by atoms with E-state index in [1.54, 1.807) is 31.4 Å². The SMILES string of the molecule is COCc1ccc(C(=O)OCC(=O)Nc2c(C#N)c(C)c(C)n2-c2ccccc2)cc1. The predicted molar refractivity (Wildman–Crippen MR) is 116 cm³/mol. The maximum atomic E-state index is 12.5. The molecule has 0 aliphatic carbocycles. The highest BCUT2D eigenvalue weighted by molar-refractivity contribution is 5.96. The molecule has 0 saturated carbocycles. The number of para-hydroxylation sites is 1. The van der Waals surface area contributed by atoms with Crippen LogP contribution in [0.1, 0.15) is 32.7 Å². The minimum atomic E-state index is -0.606. The molecule has 1 amide bonds. The summed E-state index contributed by atoms with van der Waals surface area (Å²) >= 11 is 0. The van der Waals surface area contributed by atoms with Crippen molar-refractivity contribution in [3.8, 4) is 11.8 Å². The third-order valence-electron chi connectivity index (χ3n) is 4.93. The van der Waals surface area contributed by atoms with Gasteiger partial charge in [0, 0.05) is 18.5 Å². The molecule has 0 spiro atoms. The number of ether oxygens (including phenoxy) is 2. The second-order valence-corrected chi connectivity index (χ2v) is 6.97. The molecule has 2 aromatic carbocycles. The van der Waals surface area contributed by atoms with Gasteiger partial charge in [0.2, 0.25) is 0 Å². The molecule has 3 aromatic rings. The Bertz CT molecular complexity index is 1130. The monoisotopic (exact) mass is 417 g/mol. The van der Waals surface area contributed by atoms with Crippen LogP contribution in [0, 0.1) is 25.2 Å². The zero-order valence-electron chi connectivity index (χ0n) is 17.6. The lowest BCUT2D eigenvalue weighted by atomic mass is 10.1. The Hall–Kier alpha value is -3.89. The van der Waals surface area contributed by atoms with Gasteiger partial charge in [0.15, 0.2) is 6.61 Å². The first-order valence-corrected chi connectivity index (χ1v) is 9.68. The number of benzene rings is 2. The van der Waals surface area contributed by atoms with Crippen LogP contribution in [0.25, 0.3) is 5.69 Å². The minimum Gasteiger partial charge on any atom is -0.452 e. The number of esters is 1. The second-order valence-electron chi connectivity index (χ2n) is 6.97. The summed E-state index contributed by atoms with van der Waals surface area (Å²) in [5.41, 5.74) is 4.06. The number of carbonyl (C=O) groups is 2. The quantitative estimate of drug-likeness (QED) is 0.589. The number of nitrogens with zero attached hydrogens (tertiary/aromatic N) is 2. The van der Waals surface area contributed by atoms with E-state index in [9.17, 15) is 14.9 Å². The van der Waals surface area contributed by atoms with Crippen molar-refractivity contribution in [3.63, 3.8) is 0 Å². The molecule has 7 nitrogen and oxygen atoms in total. The Morgan fingerprint density at radius 3 is 2.35 bits per heavy atom. The van der Waals surface area contributed by atoms with E-state index in [1.807, 2.05) is 48.7 Å². The van der Waals surface area contributed by atoms with Crippen LogP contribution in [-0.2, 0) is 20.9 Å². The Morgan fingerprint density at radius 2 is 1.74 bits per heavy atom. The van der Waals surface area contributed by atoms with Crippen LogP contribution < -0.4 is 5.32 Å². The molecule has 0 atom stereocenters. The molecule has 1 heterocycles. The Kier molecular flexibility index (Phi) is 6.85. The van der Waals surface area contributed by atoms with E-state index in [1.165, 1.54) is 0 Å². The van der Waals surface area contributed by atoms with Gasteiger partial charge >= 0.3 is 5.97 Å². The molecule has 3 rings (SSSR count). The van der Waals surface area contributed by atoms with Crippen molar-refractivity contribution in [1.82, 2.24) is 4.57 Å². The van der Waals surface area contributed by atoms with E-state index in [-0.39, 0.29) is 0 Å². The first-order valence-electron chi connectivity index (χ1n) is 9.68. The fraction of sp³-hybridized carbons (Fsp3) is 0.208. The van der Waals surface area contributed by atoms with Crippen LogP contribution in [0.4, 0.5) is 5.82 Å². The third-order valence-corrected chi connectivity index (χ3v) is 4.93. The summed E-state index contributed by atoms with van der Waals surface area (Å²) < 4.78 is 12.0. The molecular weight excluding hydrogens is 394 g/mol. The number of amides is 1. The fourth-order valence-corrected chi connectivity index (χ4v) is 3.25. The van der Waals surface area contributed by atoms with Crippen molar-refractivity contribution in [2.75, 3.05) is 19.0 Å². The molecular formula is C24H23N3O4. The number of nitrogens with one attached hydrogen (secondary N) is 1. The lowest BCUT2D eigenvalue weighted by Crippen LogP contribution is -2.23. The first kappa shape index (κ1) is 21.8. The van der Waals surface area contributed by atoms with E-state index in [0.29, 0.717) is 23.6 Å². The summed E-state index contributed by atoms with van der Waals surface area (Å²) in [7, 11) is 1.59. The van der Waals surface area contributed by atoms with Gasteiger partial charge in [-0.1, -0.05) is 30.3 Å². The maximum absolute atomic E-state index is 12.5. The topological polar surface area (TPSA) is 93.3 Å². The number of carbonyl (C=O) groups excluding carboxylic acids is 2. The first-order chi connectivity index (χ1) is 15.0. The van der Waals surface area contributed by atoms with Crippen molar-refractivity contribution in [2.24, 2.45) is 0 Å². The van der Waals surface area contributed by atoms with Crippen molar-refractivity contribution in [1.29, 1.82) is 5.26 Å². The Labute approximate surface area is 180 Å². The summed E-state index contributed by atoms with van der Waals surface area (Å²) in [6, 6.07) is 18.3. The van der Waals surface area contributed by atoms with Crippen LogP contribution >= 0.6 is 0 Å². The minimum absolute atomic E-state index is 0.338. The second kappa shape index (κ2) is 9.74. The summed E-state index contributed by atoms with van der Waals surface area (Å²) in [5.74, 6) is -0.783. The number of aromatic nitrogens is 1. The Morgan fingerprint density at radius 1 is 1.06 bits per heavy atom. The molecule has 158 valence electrons. The molecule has 31 heavy (non-hydrogen) atoms. The Balaban J connectivity index is 1.74. The van der Waals surface area contributed by atoms with Crippen molar-refractivity contribution in [3.05, 3.63) is 82.5 Å². The largest absolute Gasteiger partial charge is 0.452 e. The highest BCUT2D eigenvalue weighted by Crippen LogP contribution is 2.29. The van der Waals surface area contributed by atoms with E-state index < -0.39 is 18.5 Å². The summed E-state index contributed by atoms with van der Waals surface area (Å²) in [5, 5.41) is 12.3. The fourth-order valence-electron chi connectivity index (χ4n) is 3.25. The number of rotatable bonds is 7. The molecule has 1 aromatic heterocycles. The number of hydrogen-bond acceptors (Lipinski definition) is 5. The van der Waals surface area contributed by atoms with Crippen LogP contribution in [0.2, 0.25) is 0 Å². The highest BCUT2D eigenvalue weighted by atomic mass is 16.5. The average Bonchev–Trinajstić information content (AvgIpc) is 3.02. The van der Waals surface area contributed by atoms with Gasteiger partial charge < -0.3 is 14.8 Å². The molecule has 0 radical (unpaired) electrons. The normalized spacial score (nSPS) is 10.4. The molecule has 7 heteroatoms. The standard InChI is InChI=1S/C24H23N3O4/c1-16-17(2)27(20-7-5-4-6-8-20)23(21(16)13-25)26-22(28)15-31-24(29)19-11-9-18(10-12-19)14-30-3/h4-12H,14-15H2,1-3H3,(H,26,28). The van der Waals surface area contributed by atoms with Gasteiger partial charge in [0.25, 0.3) is 5.91 Å². The summed E-state index contributed by atoms with van der Waals surface area (Å²) in [6.07, 6.45) is 0. The zero-order chi connectivity index (χ0) is 22.4. The van der Waals surface area contributed by atoms with E-state index in [2.05, 4.69) is 11.4 Å².